The van der Waals surface area contributed by atoms with Crippen LogP contribution in [-0.2, 0) is 0 Å². The van der Waals surface area contributed by atoms with Gasteiger partial charge in [0, 0.05) is 5.56 Å². The number of benzene rings is 7. The van der Waals surface area contributed by atoms with Crippen LogP contribution in [0.3, 0.4) is 0 Å². The van der Waals surface area contributed by atoms with Gasteiger partial charge in [-0.1, -0.05) is 127 Å². The van der Waals surface area contributed by atoms with Crippen molar-refractivity contribution in [3.63, 3.8) is 0 Å². The van der Waals surface area contributed by atoms with Crippen molar-refractivity contribution in [1.82, 2.24) is 0 Å². The summed E-state index contributed by atoms with van der Waals surface area (Å²) >= 11 is 0. The van der Waals surface area contributed by atoms with Gasteiger partial charge in [0.1, 0.15) is 11.5 Å². The van der Waals surface area contributed by atoms with E-state index in [-0.39, 0.29) is 11.5 Å². The van der Waals surface area contributed by atoms with Gasteiger partial charge in [0.05, 0.1) is 0 Å². The highest BCUT2D eigenvalue weighted by molar-refractivity contribution is 7.80. The molecule has 0 heterocycles. The van der Waals surface area contributed by atoms with E-state index in [1.165, 1.54) is 15.9 Å². The standard InChI is InChI=1S/C38H27O2P/c39-28-22-21-26-11-9-18-31(34(26)24-28)32-19-10-12-27-23-36(37(40)25-35(27)32)33-17-7-8-20-38(33)41(29-13-3-1-4-14-29)30-15-5-2-6-16-30/h1-25,39-40H. The first-order valence-corrected chi connectivity index (χ1v) is 15.0. The maximum absolute atomic E-state index is 11.6. The lowest BCUT2D eigenvalue weighted by molar-refractivity contribution is 0.476. The second-order valence-electron chi connectivity index (χ2n) is 10.1. The van der Waals surface area contributed by atoms with Crippen molar-refractivity contribution in [3.05, 3.63) is 152 Å². The Morgan fingerprint density at radius 2 is 0.951 bits per heavy atom. The molecule has 0 aliphatic rings. The molecule has 0 aromatic heterocycles. The Labute approximate surface area is 240 Å². The molecule has 7 aromatic rings. The van der Waals surface area contributed by atoms with Gasteiger partial charge in [0.15, 0.2) is 0 Å². The molecule has 0 radical (unpaired) electrons. The third-order valence-electron chi connectivity index (χ3n) is 7.62. The zero-order chi connectivity index (χ0) is 27.8. The zero-order valence-corrected chi connectivity index (χ0v) is 23.2. The molecule has 0 bridgehead atoms. The maximum Gasteiger partial charge on any atom is 0.124 e. The van der Waals surface area contributed by atoms with E-state index in [9.17, 15) is 10.2 Å². The molecule has 0 fully saturated rings. The number of aromatic hydroxyl groups is 2. The fourth-order valence-electron chi connectivity index (χ4n) is 5.74. The van der Waals surface area contributed by atoms with E-state index >= 15 is 0 Å². The summed E-state index contributed by atoms with van der Waals surface area (Å²) in [6.45, 7) is 0. The Hall–Kier alpha value is -4.91. The van der Waals surface area contributed by atoms with Crippen LogP contribution in [0.1, 0.15) is 0 Å². The first kappa shape index (κ1) is 25.1. The van der Waals surface area contributed by atoms with Crippen molar-refractivity contribution in [2.24, 2.45) is 0 Å². The maximum atomic E-state index is 11.6. The molecule has 0 saturated heterocycles. The van der Waals surface area contributed by atoms with Gasteiger partial charge in [-0.05, 0) is 86.3 Å². The fourth-order valence-corrected chi connectivity index (χ4v) is 8.20. The van der Waals surface area contributed by atoms with Crippen molar-refractivity contribution in [2.45, 2.75) is 0 Å². The normalized spacial score (nSPS) is 11.3. The van der Waals surface area contributed by atoms with Crippen molar-refractivity contribution >= 4 is 45.4 Å². The summed E-state index contributed by atoms with van der Waals surface area (Å²) in [7, 11) is -0.846. The van der Waals surface area contributed by atoms with E-state index in [1.807, 2.05) is 36.4 Å². The highest BCUT2D eigenvalue weighted by atomic mass is 31.1. The summed E-state index contributed by atoms with van der Waals surface area (Å²) in [4.78, 5) is 0. The number of hydrogen-bond acceptors (Lipinski definition) is 2. The van der Waals surface area contributed by atoms with Gasteiger partial charge >= 0.3 is 0 Å². The van der Waals surface area contributed by atoms with Gasteiger partial charge in [0.2, 0.25) is 0 Å². The smallest absolute Gasteiger partial charge is 0.124 e. The number of fused-ring (bicyclic) bond motifs is 2. The van der Waals surface area contributed by atoms with Crippen LogP contribution in [0, 0.1) is 0 Å². The van der Waals surface area contributed by atoms with Crippen molar-refractivity contribution in [2.75, 3.05) is 0 Å². The van der Waals surface area contributed by atoms with E-state index in [0.717, 1.165) is 43.8 Å². The van der Waals surface area contributed by atoms with Crippen molar-refractivity contribution < 1.29 is 10.2 Å². The summed E-state index contributed by atoms with van der Waals surface area (Å²) < 4.78 is 0. The lowest BCUT2D eigenvalue weighted by Crippen LogP contribution is -2.22. The highest BCUT2D eigenvalue weighted by Gasteiger charge is 2.22. The fraction of sp³-hybridized carbons (Fsp3) is 0. The summed E-state index contributed by atoms with van der Waals surface area (Å²) in [6, 6.07) is 51.6. The molecule has 3 heteroatoms. The van der Waals surface area contributed by atoms with Crippen LogP contribution in [0.15, 0.2) is 152 Å². The van der Waals surface area contributed by atoms with Crippen molar-refractivity contribution in [3.8, 4) is 33.8 Å². The molecule has 0 atom stereocenters. The number of phenolic OH excluding ortho intramolecular Hbond substituents is 2. The number of phenols is 2. The molecule has 196 valence electrons. The van der Waals surface area contributed by atoms with Crippen LogP contribution in [-0.4, -0.2) is 10.2 Å². The molecule has 2 nitrogen and oxygen atoms in total. The van der Waals surface area contributed by atoms with Gasteiger partial charge in [-0.25, -0.2) is 0 Å². The Balaban J connectivity index is 1.43. The summed E-state index contributed by atoms with van der Waals surface area (Å²) in [6.07, 6.45) is 0. The molecule has 7 rings (SSSR count). The topological polar surface area (TPSA) is 40.5 Å². The Bertz CT molecular complexity index is 1980. The second-order valence-corrected chi connectivity index (χ2v) is 12.3. The van der Waals surface area contributed by atoms with E-state index in [0.29, 0.717) is 0 Å². The van der Waals surface area contributed by atoms with Gasteiger partial charge in [-0.2, -0.15) is 0 Å². The molecule has 0 saturated carbocycles. The van der Waals surface area contributed by atoms with Crippen LogP contribution in [0.25, 0.3) is 43.8 Å². The molecule has 0 aliphatic carbocycles. The molecule has 7 aromatic carbocycles. The predicted molar refractivity (Wildman–Crippen MR) is 174 cm³/mol. The minimum absolute atomic E-state index is 0.236. The van der Waals surface area contributed by atoms with Crippen LogP contribution >= 0.6 is 7.92 Å². The van der Waals surface area contributed by atoms with Gasteiger partial charge < -0.3 is 10.2 Å². The second kappa shape index (κ2) is 10.6. The molecule has 0 unspecified atom stereocenters. The Kier molecular flexibility index (Phi) is 6.47. The third-order valence-corrected chi connectivity index (χ3v) is 10.1. The highest BCUT2D eigenvalue weighted by Crippen LogP contribution is 2.43. The minimum atomic E-state index is -0.846. The van der Waals surface area contributed by atoms with Crippen molar-refractivity contribution in [1.29, 1.82) is 0 Å². The van der Waals surface area contributed by atoms with Crippen LogP contribution in [0.4, 0.5) is 0 Å². The number of hydrogen-bond donors (Lipinski definition) is 2. The molecule has 0 aliphatic heterocycles. The lowest BCUT2D eigenvalue weighted by Gasteiger charge is -2.23. The summed E-state index contributed by atoms with van der Waals surface area (Å²) in [5.41, 5.74) is 3.89. The number of rotatable bonds is 5. The van der Waals surface area contributed by atoms with E-state index in [1.54, 1.807) is 6.07 Å². The molecular weight excluding hydrogens is 519 g/mol. The summed E-state index contributed by atoms with van der Waals surface area (Å²) in [5.74, 6) is 0.483. The van der Waals surface area contributed by atoms with E-state index in [4.69, 9.17) is 0 Å². The molecule has 2 N–H and O–H groups in total. The summed E-state index contributed by atoms with van der Waals surface area (Å²) in [5, 5.41) is 29.6. The SMILES string of the molecule is Oc1ccc2cccc(-c3cccc4cc(-c5ccccc5P(c5ccccc5)c5ccccc5)c(O)cc34)c2c1. The zero-order valence-electron chi connectivity index (χ0n) is 22.3. The average Bonchev–Trinajstić information content (AvgIpc) is 3.02. The molecular formula is C38H27O2P. The van der Waals surface area contributed by atoms with Crippen LogP contribution in [0.5, 0.6) is 11.5 Å². The predicted octanol–water partition coefficient (Wildman–Crippen LogP) is 8.50. The molecule has 0 spiro atoms. The third kappa shape index (κ3) is 4.63. The van der Waals surface area contributed by atoms with Crippen LogP contribution in [0.2, 0.25) is 0 Å². The van der Waals surface area contributed by atoms with Gasteiger partial charge in [-0.15, -0.1) is 0 Å². The molecule has 41 heavy (non-hydrogen) atoms. The van der Waals surface area contributed by atoms with Gasteiger partial charge in [-0.3, -0.25) is 0 Å². The lowest BCUT2D eigenvalue weighted by atomic mass is 9.92. The Morgan fingerprint density at radius 3 is 1.63 bits per heavy atom. The minimum Gasteiger partial charge on any atom is -0.508 e. The first-order chi connectivity index (χ1) is 20.2. The first-order valence-electron chi connectivity index (χ1n) is 13.6. The quantitative estimate of drug-likeness (QED) is 0.213. The van der Waals surface area contributed by atoms with E-state index in [2.05, 4.69) is 109 Å². The average molecular weight is 547 g/mol. The Morgan fingerprint density at radius 1 is 0.390 bits per heavy atom. The monoisotopic (exact) mass is 546 g/mol. The van der Waals surface area contributed by atoms with Crippen LogP contribution < -0.4 is 15.9 Å². The van der Waals surface area contributed by atoms with E-state index < -0.39 is 7.92 Å². The molecule has 0 amide bonds. The van der Waals surface area contributed by atoms with Gasteiger partial charge in [0.25, 0.3) is 0 Å². The largest absolute Gasteiger partial charge is 0.508 e.